The number of rotatable bonds is 7. The maximum absolute atomic E-state index is 5.51. The second kappa shape index (κ2) is 7.84. The maximum Gasteiger partial charge on any atom is 0.119 e. The normalized spacial score (nSPS) is 12.1. The van der Waals surface area contributed by atoms with E-state index in [0.717, 1.165) is 12.2 Å². The van der Waals surface area contributed by atoms with Gasteiger partial charge in [-0.25, -0.2) is 0 Å². The molecule has 0 saturated heterocycles. The summed E-state index contributed by atoms with van der Waals surface area (Å²) in [4.78, 5) is 0. The molecule has 0 aromatic heterocycles. The topological polar surface area (TPSA) is 21.3 Å². The average Bonchev–Trinajstić information content (AvgIpc) is 2.51. The highest BCUT2D eigenvalue weighted by atomic mass is 16.5. The molecular weight excluding hydrogens is 258 g/mol. The summed E-state index contributed by atoms with van der Waals surface area (Å²) < 4.78 is 5.51. The highest BCUT2D eigenvalue weighted by molar-refractivity contribution is 5.37. The van der Waals surface area contributed by atoms with Gasteiger partial charge in [-0.15, -0.1) is 0 Å². The van der Waals surface area contributed by atoms with Gasteiger partial charge in [-0.05, 0) is 49.2 Å². The van der Waals surface area contributed by atoms with Gasteiger partial charge in [0.05, 0.1) is 12.6 Å². The number of benzene rings is 2. The lowest BCUT2D eigenvalue weighted by Crippen LogP contribution is -2.17. The largest absolute Gasteiger partial charge is 0.494 e. The van der Waals surface area contributed by atoms with Gasteiger partial charge in [-0.1, -0.05) is 49.7 Å². The van der Waals surface area contributed by atoms with E-state index in [1.165, 1.54) is 23.1 Å². The van der Waals surface area contributed by atoms with Crippen LogP contribution in [0.3, 0.4) is 0 Å². The zero-order valence-electron chi connectivity index (χ0n) is 13.2. The molecule has 0 heterocycles. The van der Waals surface area contributed by atoms with E-state index in [4.69, 9.17) is 4.74 Å². The van der Waals surface area contributed by atoms with Crippen molar-refractivity contribution in [1.29, 1.82) is 0 Å². The van der Waals surface area contributed by atoms with E-state index >= 15 is 0 Å². The summed E-state index contributed by atoms with van der Waals surface area (Å²) in [5.74, 6) is 0.927. The van der Waals surface area contributed by atoms with Crippen LogP contribution in [0.15, 0.2) is 48.5 Å². The summed E-state index contributed by atoms with van der Waals surface area (Å²) in [5, 5.41) is 3.41. The van der Waals surface area contributed by atoms with Crippen LogP contribution in [-0.4, -0.2) is 13.7 Å². The quantitative estimate of drug-likeness (QED) is 0.816. The molecule has 0 bridgehead atoms. The highest BCUT2D eigenvalue weighted by Crippen LogP contribution is 2.25. The van der Waals surface area contributed by atoms with Crippen LogP contribution in [0.2, 0.25) is 0 Å². The van der Waals surface area contributed by atoms with E-state index in [0.29, 0.717) is 6.61 Å². The first-order valence-corrected chi connectivity index (χ1v) is 7.77. The summed E-state index contributed by atoms with van der Waals surface area (Å²) in [6, 6.07) is 17.4. The van der Waals surface area contributed by atoms with Gasteiger partial charge in [-0.3, -0.25) is 0 Å². The molecule has 0 aliphatic heterocycles. The molecule has 1 atom stereocenters. The van der Waals surface area contributed by atoms with Crippen LogP contribution in [0.25, 0.3) is 0 Å². The molecule has 2 aromatic carbocycles. The van der Waals surface area contributed by atoms with Crippen LogP contribution in [0.5, 0.6) is 5.75 Å². The number of ether oxygens (including phenoxy) is 1. The number of nitrogens with one attached hydrogen (secondary N) is 1. The molecule has 0 aliphatic carbocycles. The van der Waals surface area contributed by atoms with Gasteiger partial charge in [0.2, 0.25) is 0 Å². The Morgan fingerprint density at radius 1 is 1.00 bits per heavy atom. The Morgan fingerprint density at radius 2 is 1.76 bits per heavy atom. The average molecular weight is 283 g/mol. The van der Waals surface area contributed by atoms with Crippen LogP contribution in [0.1, 0.15) is 43.0 Å². The van der Waals surface area contributed by atoms with Crippen LogP contribution >= 0.6 is 0 Å². The summed E-state index contributed by atoms with van der Waals surface area (Å²) in [6.07, 6.45) is 2.31. The van der Waals surface area contributed by atoms with E-state index in [-0.39, 0.29) is 6.04 Å². The second-order valence-corrected chi connectivity index (χ2v) is 5.22. The second-order valence-electron chi connectivity index (χ2n) is 5.22. The maximum atomic E-state index is 5.51. The molecule has 1 N–H and O–H groups in total. The first kappa shape index (κ1) is 15.6. The minimum absolute atomic E-state index is 0.220. The van der Waals surface area contributed by atoms with Gasteiger partial charge >= 0.3 is 0 Å². The molecule has 2 nitrogen and oxygen atoms in total. The molecule has 0 radical (unpaired) electrons. The summed E-state index contributed by atoms with van der Waals surface area (Å²) in [5.41, 5.74) is 3.98. The van der Waals surface area contributed by atoms with Gasteiger partial charge in [0, 0.05) is 0 Å². The van der Waals surface area contributed by atoms with Gasteiger partial charge < -0.3 is 10.1 Å². The van der Waals surface area contributed by atoms with E-state index in [1.807, 2.05) is 26.1 Å². The molecule has 1 unspecified atom stereocenters. The van der Waals surface area contributed by atoms with Gasteiger partial charge in [0.15, 0.2) is 0 Å². The predicted molar refractivity (Wildman–Crippen MR) is 89.0 cm³/mol. The zero-order valence-corrected chi connectivity index (χ0v) is 13.2. The molecule has 0 aliphatic rings. The molecule has 2 heteroatoms. The predicted octanol–water partition coefficient (Wildman–Crippen LogP) is 4.35. The van der Waals surface area contributed by atoms with Crippen molar-refractivity contribution in [3.63, 3.8) is 0 Å². The lowest BCUT2D eigenvalue weighted by Gasteiger charge is -2.18. The Kier molecular flexibility index (Phi) is 5.82. The van der Waals surface area contributed by atoms with Crippen molar-refractivity contribution in [3.05, 3.63) is 65.2 Å². The Bertz CT molecular complexity index is 548. The van der Waals surface area contributed by atoms with Crippen LogP contribution < -0.4 is 10.1 Å². The van der Waals surface area contributed by atoms with Crippen molar-refractivity contribution >= 4 is 0 Å². The Morgan fingerprint density at radius 3 is 2.38 bits per heavy atom. The third kappa shape index (κ3) is 4.08. The van der Waals surface area contributed by atoms with Crippen LogP contribution in [0, 0.1) is 0 Å². The standard InChI is InChI=1S/C19H25NO/c1-4-7-15-8-6-9-17(14-15)19(20-3)16-10-12-18(13-11-16)21-5-2/h6,8-14,19-20H,4-5,7H2,1-3H3. The Labute approximate surface area is 128 Å². The molecule has 0 amide bonds. The van der Waals surface area contributed by atoms with E-state index in [9.17, 15) is 0 Å². The monoisotopic (exact) mass is 283 g/mol. The molecule has 0 spiro atoms. The number of hydrogen-bond acceptors (Lipinski definition) is 2. The molecule has 21 heavy (non-hydrogen) atoms. The third-order valence-corrected chi connectivity index (χ3v) is 3.64. The molecule has 2 rings (SSSR count). The van der Waals surface area contributed by atoms with Gasteiger partial charge in [-0.2, -0.15) is 0 Å². The number of hydrogen-bond donors (Lipinski definition) is 1. The zero-order chi connectivity index (χ0) is 15.1. The van der Waals surface area contributed by atoms with Crippen molar-refractivity contribution in [1.82, 2.24) is 5.32 Å². The van der Waals surface area contributed by atoms with Crippen molar-refractivity contribution in [3.8, 4) is 5.75 Å². The molecule has 0 saturated carbocycles. The van der Waals surface area contributed by atoms with Crippen molar-refractivity contribution < 1.29 is 4.74 Å². The van der Waals surface area contributed by atoms with Crippen molar-refractivity contribution in [2.75, 3.05) is 13.7 Å². The van der Waals surface area contributed by atoms with Crippen molar-refractivity contribution in [2.45, 2.75) is 32.7 Å². The summed E-state index contributed by atoms with van der Waals surface area (Å²) >= 11 is 0. The molecular formula is C19H25NO. The SMILES string of the molecule is CCCc1cccc(C(NC)c2ccc(OCC)cc2)c1. The van der Waals surface area contributed by atoms with E-state index in [2.05, 4.69) is 48.6 Å². The first-order chi connectivity index (χ1) is 10.3. The lowest BCUT2D eigenvalue weighted by molar-refractivity contribution is 0.340. The molecule has 2 aromatic rings. The number of aryl methyl sites for hydroxylation is 1. The fourth-order valence-electron chi connectivity index (χ4n) is 2.67. The summed E-state index contributed by atoms with van der Waals surface area (Å²) in [7, 11) is 2.01. The summed E-state index contributed by atoms with van der Waals surface area (Å²) in [6.45, 7) is 4.92. The van der Waals surface area contributed by atoms with Crippen LogP contribution in [0.4, 0.5) is 0 Å². The van der Waals surface area contributed by atoms with Crippen molar-refractivity contribution in [2.24, 2.45) is 0 Å². The van der Waals surface area contributed by atoms with Gasteiger partial charge in [0.1, 0.15) is 5.75 Å². The third-order valence-electron chi connectivity index (χ3n) is 3.64. The minimum atomic E-state index is 0.220. The highest BCUT2D eigenvalue weighted by Gasteiger charge is 2.12. The van der Waals surface area contributed by atoms with E-state index in [1.54, 1.807) is 0 Å². The smallest absolute Gasteiger partial charge is 0.119 e. The lowest BCUT2D eigenvalue weighted by atomic mass is 9.96. The Hall–Kier alpha value is -1.80. The van der Waals surface area contributed by atoms with Crippen LogP contribution in [-0.2, 0) is 6.42 Å². The van der Waals surface area contributed by atoms with Gasteiger partial charge in [0.25, 0.3) is 0 Å². The Balaban J connectivity index is 2.24. The first-order valence-electron chi connectivity index (χ1n) is 7.77. The molecule has 0 fully saturated rings. The minimum Gasteiger partial charge on any atom is -0.494 e. The van der Waals surface area contributed by atoms with E-state index < -0.39 is 0 Å². The molecule has 112 valence electrons. The fraction of sp³-hybridized carbons (Fsp3) is 0.368. The fourth-order valence-corrected chi connectivity index (χ4v) is 2.67.